The normalized spacial score (nSPS) is 28.1. The number of hydrogen-bond acceptors (Lipinski definition) is 3. The van der Waals surface area contributed by atoms with Gasteiger partial charge in [0.2, 0.25) is 5.91 Å². The summed E-state index contributed by atoms with van der Waals surface area (Å²) in [5.41, 5.74) is 0. The third-order valence-corrected chi connectivity index (χ3v) is 4.10. The van der Waals surface area contributed by atoms with Crippen molar-refractivity contribution < 1.29 is 14.3 Å². The van der Waals surface area contributed by atoms with Gasteiger partial charge in [-0.3, -0.25) is 9.59 Å². The van der Waals surface area contributed by atoms with E-state index >= 15 is 0 Å². The molecule has 0 bridgehead atoms. The number of likely N-dealkylation sites (tertiary alicyclic amines) is 1. The molecule has 0 spiro atoms. The predicted molar refractivity (Wildman–Crippen MR) is 68.2 cm³/mol. The molecule has 0 aromatic heterocycles. The van der Waals surface area contributed by atoms with E-state index in [-0.39, 0.29) is 17.9 Å². The van der Waals surface area contributed by atoms with Crippen molar-refractivity contribution in [2.75, 3.05) is 19.8 Å². The first-order valence-corrected chi connectivity index (χ1v) is 7.14. The van der Waals surface area contributed by atoms with Crippen LogP contribution in [-0.4, -0.2) is 42.4 Å². The quantitative estimate of drug-likeness (QED) is 0.702. The number of carbonyl (C=O) groups excluding carboxylic acids is 2. The number of ether oxygens (including phenoxy) is 1. The van der Waals surface area contributed by atoms with Gasteiger partial charge < -0.3 is 9.64 Å². The van der Waals surface area contributed by atoms with Gasteiger partial charge in [0.15, 0.2) is 0 Å². The van der Waals surface area contributed by atoms with Crippen LogP contribution >= 0.6 is 0 Å². The van der Waals surface area contributed by atoms with Crippen LogP contribution in [0.5, 0.6) is 0 Å². The number of amides is 1. The van der Waals surface area contributed by atoms with Gasteiger partial charge in [0.25, 0.3) is 0 Å². The average molecular weight is 253 g/mol. The summed E-state index contributed by atoms with van der Waals surface area (Å²) in [4.78, 5) is 25.9. The van der Waals surface area contributed by atoms with Crippen molar-refractivity contribution in [3.8, 4) is 0 Å². The Kier molecular flexibility index (Phi) is 4.75. The molecule has 0 radical (unpaired) electrons. The van der Waals surface area contributed by atoms with Crippen molar-refractivity contribution in [1.29, 1.82) is 0 Å². The molecule has 2 unspecified atom stereocenters. The molecule has 1 amide bonds. The van der Waals surface area contributed by atoms with E-state index in [0.717, 1.165) is 32.2 Å². The van der Waals surface area contributed by atoms with Crippen molar-refractivity contribution in [3.63, 3.8) is 0 Å². The van der Waals surface area contributed by atoms with Crippen LogP contribution in [0, 0.1) is 5.92 Å². The maximum absolute atomic E-state index is 12.1. The van der Waals surface area contributed by atoms with Gasteiger partial charge in [-0.25, -0.2) is 0 Å². The predicted octanol–water partition coefficient (Wildman–Crippen LogP) is 1.77. The van der Waals surface area contributed by atoms with Crippen LogP contribution in [0.15, 0.2) is 0 Å². The van der Waals surface area contributed by atoms with Crippen LogP contribution in [0.4, 0.5) is 0 Å². The van der Waals surface area contributed by atoms with Gasteiger partial charge in [-0.05, 0) is 32.6 Å². The minimum Gasteiger partial charge on any atom is -0.381 e. The van der Waals surface area contributed by atoms with Crippen LogP contribution in [0.25, 0.3) is 0 Å². The topological polar surface area (TPSA) is 46.6 Å². The molecule has 4 nitrogen and oxygen atoms in total. The van der Waals surface area contributed by atoms with Crippen LogP contribution in [0.1, 0.15) is 45.4 Å². The van der Waals surface area contributed by atoms with E-state index in [1.54, 1.807) is 0 Å². The molecule has 2 rings (SSSR count). The Labute approximate surface area is 109 Å². The molecular formula is C14H23NO3. The van der Waals surface area contributed by atoms with E-state index < -0.39 is 0 Å². The Bertz CT molecular complexity index is 316. The Morgan fingerprint density at radius 2 is 2.22 bits per heavy atom. The van der Waals surface area contributed by atoms with Gasteiger partial charge in [-0.1, -0.05) is 0 Å². The molecule has 1 aliphatic carbocycles. The molecule has 2 fully saturated rings. The van der Waals surface area contributed by atoms with Gasteiger partial charge >= 0.3 is 0 Å². The summed E-state index contributed by atoms with van der Waals surface area (Å²) in [6.07, 6.45) is 5.17. The third kappa shape index (κ3) is 2.91. The molecule has 1 heterocycles. The van der Waals surface area contributed by atoms with E-state index in [2.05, 4.69) is 0 Å². The molecule has 0 N–H and O–H groups in total. The summed E-state index contributed by atoms with van der Waals surface area (Å²) in [5, 5.41) is 0. The molecule has 18 heavy (non-hydrogen) atoms. The molecule has 102 valence electrons. The zero-order valence-corrected chi connectivity index (χ0v) is 11.2. The minimum atomic E-state index is 0.114. The third-order valence-electron chi connectivity index (χ3n) is 4.10. The lowest BCUT2D eigenvalue weighted by molar-refractivity contribution is -0.135. The highest BCUT2D eigenvalue weighted by atomic mass is 16.5. The molecule has 4 heteroatoms. The van der Waals surface area contributed by atoms with Gasteiger partial charge in [0.05, 0.1) is 13.0 Å². The number of Topliss-reactive ketones (excluding diaryl/α,β-unsaturated/α-hetero) is 1. The fraction of sp³-hybridized carbons (Fsp3) is 0.857. The maximum atomic E-state index is 12.1. The number of hydrogen-bond donors (Lipinski definition) is 0. The van der Waals surface area contributed by atoms with Gasteiger partial charge in [-0.2, -0.15) is 0 Å². The molecule has 2 aliphatic rings. The van der Waals surface area contributed by atoms with Crippen molar-refractivity contribution >= 4 is 11.7 Å². The largest absolute Gasteiger partial charge is 0.381 e. The number of ketones is 1. The van der Waals surface area contributed by atoms with Crippen molar-refractivity contribution in [3.05, 3.63) is 0 Å². The molecule has 0 aromatic carbocycles. The summed E-state index contributed by atoms with van der Waals surface area (Å²) < 4.78 is 5.23. The first kappa shape index (κ1) is 13.5. The van der Waals surface area contributed by atoms with E-state index in [0.29, 0.717) is 31.8 Å². The molecule has 1 aliphatic heterocycles. The Morgan fingerprint density at radius 3 is 2.89 bits per heavy atom. The molecular weight excluding hydrogens is 230 g/mol. The standard InChI is InChI=1S/C14H23NO3/c1-2-18-10-8-14(17)15-9-4-6-12(15)11-5-3-7-13(11)16/h11-12H,2-10H2,1H3. The maximum Gasteiger partial charge on any atom is 0.225 e. The first-order chi connectivity index (χ1) is 8.74. The highest BCUT2D eigenvalue weighted by Crippen LogP contribution is 2.33. The SMILES string of the molecule is CCOCCC(=O)N1CCCC1C1CCCC1=O. The van der Waals surface area contributed by atoms with Crippen LogP contribution < -0.4 is 0 Å². The van der Waals surface area contributed by atoms with Crippen molar-refractivity contribution in [2.45, 2.75) is 51.5 Å². The van der Waals surface area contributed by atoms with Gasteiger partial charge in [0.1, 0.15) is 5.78 Å². The van der Waals surface area contributed by atoms with E-state index in [1.807, 2.05) is 11.8 Å². The van der Waals surface area contributed by atoms with E-state index in [4.69, 9.17) is 4.74 Å². The summed E-state index contributed by atoms with van der Waals surface area (Å²) in [5.74, 6) is 0.638. The average Bonchev–Trinajstić information content (AvgIpc) is 2.97. The summed E-state index contributed by atoms with van der Waals surface area (Å²) >= 11 is 0. The van der Waals surface area contributed by atoms with Gasteiger partial charge in [-0.15, -0.1) is 0 Å². The molecule has 0 aromatic rings. The lowest BCUT2D eigenvalue weighted by atomic mass is 9.95. The molecule has 2 atom stereocenters. The Morgan fingerprint density at radius 1 is 1.39 bits per heavy atom. The molecule has 1 saturated heterocycles. The summed E-state index contributed by atoms with van der Waals surface area (Å²) in [6.45, 7) is 3.90. The van der Waals surface area contributed by atoms with Gasteiger partial charge in [0, 0.05) is 31.5 Å². The number of carbonyl (C=O) groups is 2. The van der Waals surface area contributed by atoms with E-state index in [1.165, 1.54) is 0 Å². The summed E-state index contributed by atoms with van der Waals surface area (Å²) in [7, 11) is 0. The fourth-order valence-corrected chi connectivity index (χ4v) is 3.22. The summed E-state index contributed by atoms with van der Waals surface area (Å²) in [6, 6.07) is 0.175. The highest BCUT2D eigenvalue weighted by molar-refractivity contribution is 5.85. The van der Waals surface area contributed by atoms with Crippen molar-refractivity contribution in [1.82, 2.24) is 4.90 Å². The Balaban J connectivity index is 1.90. The number of nitrogens with zero attached hydrogens (tertiary/aromatic N) is 1. The minimum absolute atomic E-state index is 0.114. The number of rotatable bonds is 5. The monoisotopic (exact) mass is 253 g/mol. The zero-order chi connectivity index (χ0) is 13.0. The smallest absolute Gasteiger partial charge is 0.225 e. The molecule has 1 saturated carbocycles. The van der Waals surface area contributed by atoms with E-state index in [9.17, 15) is 9.59 Å². The fourth-order valence-electron chi connectivity index (χ4n) is 3.22. The Hall–Kier alpha value is -0.900. The lowest BCUT2D eigenvalue weighted by Gasteiger charge is -2.28. The van der Waals surface area contributed by atoms with Crippen LogP contribution in [0.2, 0.25) is 0 Å². The second-order valence-electron chi connectivity index (χ2n) is 5.21. The lowest BCUT2D eigenvalue weighted by Crippen LogP contribution is -2.41. The zero-order valence-electron chi connectivity index (χ0n) is 11.2. The van der Waals surface area contributed by atoms with Crippen LogP contribution in [-0.2, 0) is 14.3 Å². The second kappa shape index (κ2) is 6.32. The second-order valence-corrected chi connectivity index (χ2v) is 5.21. The van der Waals surface area contributed by atoms with Crippen LogP contribution in [0.3, 0.4) is 0 Å². The first-order valence-electron chi connectivity index (χ1n) is 7.14. The highest BCUT2D eigenvalue weighted by Gasteiger charge is 2.39. The van der Waals surface area contributed by atoms with Crippen molar-refractivity contribution in [2.24, 2.45) is 5.92 Å².